The molecular formula is C43H29N. The van der Waals surface area contributed by atoms with E-state index in [1.807, 2.05) is 6.20 Å². The summed E-state index contributed by atoms with van der Waals surface area (Å²) in [5.74, 6) is 0. The van der Waals surface area contributed by atoms with Gasteiger partial charge in [0.25, 0.3) is 0 Å². The number of aromatic nitrogens is 1. The zero-order valence-electron chi connectivity index (χ0n) is 24.2. The summed E-state index contributed by atoms with van der Waals surface area (Å²) in [6.07, 6.45) is 2.03. The van der Waals surface area contributed by atoms with Crippen LogP contribution < -0.4 is 0 Å². The predicted molar refractivity (Wildman–Crippen MR) is 186 cm³/mol. The van der Waals surface area contributed by atoms with E-state index in [4.69, 9.17) is 4.98 Å². The molecule has 0 radical (unpaired) electrons. The molecule has 0 unspecified atom stereocenters. The van der Waals surface area contributed by atoms with Gasteiger partial charge in [0.1, 0.15) is 0 Å². The second kappa shape index (κ2) is 11.1. The minimum absolute atomic E-state index is 0.957. The third kappa shape index (κ3) is 4.56. The van der Waals surface area contributed by atoms with E-state index in [0.29, 0.717) is 0 Å². The van der Waals surface area contributed by atoms with Crippen LogP contribution in [0.4, 0.5) is 0 Å². The summed E-state index contributed by atoms with van der Waals surface area (Å²) >= 11 is 0. The minimum Gasteiger partial charge on any atom is -0.256 e. The lowest BCUT2D eigenvalue weighted by Crippen LogP contribution is -1.93. The van der Waals surface area contributed by atoms with Gasteiger partial charge in [0.05, 0.1) is 5.69 Å². The van der Waals surface area contributed by atoms with Gasteiger partial charge < -0.3 is 0 Å². The summed E-state index contributed by atoms with van der Waals surface area (Å²) in [6, 6.07) is 60.6. The summed E-state index contributed by atoms with van der Waals surface area (Å²) in [6.45, 7) is 0. The van der Waals surface area contributed by atoms with Crippen molar-refractivity contribution in [1.82, 2.24) is 4.98 Å². The first-order valence-electron chi connectivity index (χ1n) is 15.1. The maximum atomic E-state index is 5.06. The van der Waals surface area contributed by atoms with Crippen LogP contribution in [0.25, 0.3) is 77.3 Å². The maximum absolute atomic E-state index is 5.06. The molecule has 7 aromatic carbocycles. The lowest BCUT2D eigenvalue weighted by molar-refractivity contribution is 1.33. The van der Waals surface area contributed by atoms with Gasteiger partial charge in [-0.2, -0.15) is 0 Å². The third-order valence-corrected chi connectivity index (χ3v) is 8.52. The fourth-order valence-electron chi connectivity index (χ4n) is 6.49. The molecule has 0 fully saturated rings. The van der Waals surface area contributed by atoms with Crippen molar-refractivity contribution in [1.29, 1.82) is 0 Å². The van der Waals surface area contributed by atoms with Gasteiger partial charge in [-0.3, -0.25) is 4.98 Å². The minimum atomic E-state index is 0.957. The van der Waals surface area contributed by atoms with Crippen LogP contribution >= 0.6 is 0 Å². The van der Waals surface area contributed by atoms with Gasteiger partial charge in [-0.25, -0.2) is 0 Å². The highest BCUT2D eigenvalue weighted by molar-refractivity contribution is 6.21. The van der Waals surface area contributed by atoms with Crippen LogP contribution in [0.5, 0.6) is 0 Å². The molecule has 8 rings (SSSR count). The van der Waals surface area contributed by atoms with Gasteiger partial charge in [0, 0.05) is 17.3 Å². The van der Waals surface area contributed by atoms with Crippen LogP contribution in [0.2, 0.25) is 0 Å². The first-order chi connectivity index (χ1) is 21.8. The lowest BCUT2D eigenvalue weighted by atomic mass is 9.85. The zero-order chi connectivity index (χ0) is 29.3. The highest BCUT2D eigenvalue weighted by Gasteiger charge is 2.18. The highest BCUT2D eigenvalue weighted by Crippen LogP contribution is 2.45. The largest absolute Gasteiger partial charge is 0.256 e. The first kappa shape index (κ1) is 25.9. The molecule has 0 aliphatic rings. The van der Waals surface area contributed by atoms with Crippen LogP contribution in [0.1, 0.15) is 0 Å². The molecule has 0 atom stereocenters. The van der Waals surface area contributed by atoms with Crippen LogP contribution in [-0.2, 0) is 0 Å². The van der Waals surface area contributed by atoms with Crippen molar-refractivity contribution >= 4 is 21.5 Å². The molecule has 0 spiro atoms. The second-order valence-corrected chi connectivity index (χ2v) is 11.1. The Labute approximate surface area is 257 Å². The molecule has 0 bridgehead atoms. The Bertz CT molecular complexity index is 2240. The molecule has 1 aromatic heterocycles. The molecule has 1 heterocycles. The van der Waals surface area contributed by atoms with Gasteiger partial charge >= 0.3 is 0 Å². The van der Waals surface area contributed by atoms with E-state index in [2.05, 4.69) is 170 Å². The van der Waals surface area contributed by atoms with Gasteiger partial charge in [-0.1, -0.05) is 158 Å². The topological polar surface area (TPSA) is 12.9 Å². The number of hydrogen-bond donors (Lipinski definition) is 0. The normalized spacial score (nSPS) is 11.2. The number of hydrogen-bond acceptors (Lipinski definition) is 1. The van der Waals surface area contributed by atoms with Crippen molar-refractivity contribution in [2.75, 3.05) is 0 Å². The third-order valence-electron chi connectivity index (χ3n) is 8.52. The SMILES string of the molecule is c1ccc(-c2cnc(-c3ccc4c(-c5ccccc5)c5ccccc5c(-c5ccccc5)c4c3)cc2-c2ccccc2)cc1. The fraction of sp³-hybridized carbons (Fsp3) is 0. The van der Waals surface area contributed by atoms with Crippen LogP contribution in [0.15, 0.2) is 176 Å². The van der Waals surface area contributed by atoms with E-state index in [9.17, 15) is 0 Å². The summed E-state index contributed by atoms with van der Waals surface area (Å²) in [5.41, 5.74) is 11.6. The number of nitrogens with zero attached hydrogens (tertiary/aromatic N) is 1. The summed E-state index contributed by atoms with van der Waals surface area (Å²) < 4.78 is 0. The van der Waals surface area contributed by atoms with Gasteiger partial charge in [-0.05, 0) is 72.6 Å². The molecular weight excluding hydrogens is 530 g/mol. The summed E-state index contributed by atoms with van der Waals surface area (Å²) in [5, 5.41) is 4.97. The average Bonchev–Trinajstić information content (AvgIpc) is 3.11. The monoisotopic (exact) mass is 559 g/mol. The molecule has 44 heavy (non-hydrogen) atoms. The Morgan fingerprint density at radius 2 is 0.727 bits per heavy atom. The number of fused-ring (bicyclic) bond motifs is 2. The van der Waals surface area contributed by atoms with Crippen LogP contribution in [0, 0.1) is 0 Å². The highest BCUT2D eigenvalue weighted by atomic mass is 14.7. The Morgan fingerprint density at radius 3 is 1.27 bits per heavy atom. The second-order valence-electron chi connectivity index (χ2n) is 11.1. The van der Waals surface area contributed by atoms with Crippen LogP contribution in [0.3, 0.4) is 0 Å². The van der Waals surface area contributed by atoms with Gasteiger partial charge in [-0.15, -0.1) is 0 Å². The molecule has 1 heteroatoms. The first-order valence-corrected chi connectivity index (χ1v) is 15.1. The van der Waals surface area contributed by atoms with E-state index in [-0.39, 0.29) is 0 Å². The number of pyridine rings is 1. The van der Waals surface area contributed by atoms with E-state index < -0.39 is 0 Å². The summed E-state index contributed by atoms with van der Waals surface area (Å²) in [4.78, 5) is 5.06. The van der Waals surface area contributed by atoms with Gasteiger partial charge in [0.15, 0.2) is 0 Å². The Kier molecular flexibility index (Phi) is 6.55. The maximum Gasteiger partial charge on any atom is 0.0708 e. The predicted octanol–water partition coefficient (Wildman–Crippen LogP) is 11.7. The van der Waals surface area contributed by atoms with Crippen molar-refractivity contribution in [2.24, 2.45) is 0 Å². The van der Waals surface area contributed by atoms with Crippen molar-refractivity contribution in [2.45, 2.75) is 0 Å². The average molecular weight is 560 g/mol. The van der Waals surface area contributed by atoms with Crippen molar-refractivity contribution < 1.29 is 0 Å². The summed E-state index contributed by atoms with van der Waals surface area (Å²) in [7, 11) is 0. The van der Waals surface area contributed by atoms with E-state index in [0.717, 1.165) is 22.4 Å². The molecule has 0 aliphatic carbocycles. The molecule has 0 N–H and O–H groups in total. The quantitative estimate of drug-likeness (QED) is 0.191. The Morgan fingerprint density at radius 1 is 0.295 bits per heavy atom. The number of benzene rings is 7. The lowest BCUT2D eigenvalue weighted by Gasteiger charge is -2.19. The van der Waals surface area contributed by atoms with Gasteiger partial charge in [0.2, 0.25) is 0 Å². The van der Waals surface area contributed by atoms with E-state index in [1.165, 1.54) is 54.9 Å². The standard InChI is InChI=1S/C43H29N/c1-5-15-30(16-6-1)38-28-41(44-29-40(38)31-17-7-2-8-18-31)34-25-26-37-39(27-34)43(33-21-11-4-12-22-33)36-24-14-13-23-35(36)42(37)32-19-9-3-10-20-32/h1-29H. The Balaban J connectivity index is 1.42. The smallest absolute Gasteiger partial charge is 0.0708 e. The Hall–Kier alpha value is -5.79. The zero-order valence-corrected chi connectivity index (χ0v) is 24.2. The molecule has 0 saturated carbocycles. The van der Waals surface area contributed by atoms with Crippen LogP contribution in [-0.4, -0.2) is 4.98 Å². The van der Waals surface area contributed by atoms with E-state index in [1.54, 1.807) is 0 Å². The number of rotatable bonds is 5. The molecule has 8 aromatic rings. The molecule has 0 aliphatic heterocycles. The molecule has 1 nitrogen and oxygen atoms in total. The molecule has 0 amide bonds. The molecule has 206 valence electrons. The van der Waals surface area contributed by atoms with Crippen molar-refractivity contribution in [3.8, 4) is 55.8 Å². The van der Waals surface area contributed by atoms with E-state index >= 15 is 0 Å². The van der Waals surface area contributed by atoms with Crippen molar-refractivity contribution in [3.05, 3.63) is 176 Å². The fourth-order valence-corrected chi connectivity index (χ4v) is 6.49. The molecule has 0 saturated heterocycles. The van der Waals surface area contributed by atoms with Crippen molar-refractivity contribution in [3.63, 3.8) is 0 Å².